The Morgan fingerprint density at radius 1 is 1.12 bits per heavy atom. The molecule has 26 heavy (non-hydrogen) atoms. The number of hydrogen-bond acceptors (Lipinski definition) is 3. The monoisotopic (exact) mass is 358 g/mol. The summed E-state index contributed by atoms with van der Waals surface area (Å²) in [5.41, 5.74) is 2.64. The summed E-state index contributed by atoms with van der Waals surface area (Å²) in [6.45, 7) is 12.0. The fraction of sp³-hybridized carbons (Fsp3) is 0.870. The lowest BCUT2D eigenvalue weighted by Crippen LogP contribution is -2.65. The molecule has 7 atom stereocenters. The molecule has 0 aromatic heterocycles. The van der Waals surface area contributed by atoms with Crippen LogP contribution in [0.5, 0.6) is 0 Å². The second-order valence-electron chi connectivity index (χ2n) is 10.8. The van der Waals surface area contributed by atoms with E-state index in [1.54, 1.807) is 0 Å². The van der Waals surface area contributed by atoms with E-state index in [4.69, 9.17) is 9.47 Å². The molecule has 4 aliphatic carbocycles. The molecule has 144 valence electrons. The van der Waals surface area contributed by atoms with Crippen LogP contribution < -0.4 is 0 Å². The standard InChI is InChI=1S/C23H34O3/c1-13-6-8-15-10-18-23(12-25-21(3,4)26-18)11-17(24)19-14(2)7-9-16(13)22(15,5)20(19)23/h13,15-16,18,20H,6-12H2,1-5H3/t13-,15+,16+,18+,20-,22+,23-/m0/s1. The molecule has 0 aromatic carbocycles. The van der Waals surface area contributed by atoms with E-state index in [2.05, 4.69) is 20.8 Å². The Morgan fingerprint density at radius 2 is 1.88 bits per heavy atom. The highest BCUT2D eigenvalue weighted by molar-refractivity contribution is 6.00. The Morgan fingerprint density at radius 3 is 2.65 bits per heavy atom. The molecule has 1 saturated heterocycles. The molecule has 0 radical (unpaired) electrons. The molecule has 0 bridgehead atoms. The molecule has 1 spiro atoms. The molecule has 1 heterocycles. The predicted octanol–water partition coefficient (Wildman–Crippen LogP) is 4.90. The highest BCUT2D eigenvalue weighted by Gasteiger charge is 2.71. The SMILES string of the molecule is CC1=C2C(=O)C[C@]34COC(C)(C)O[C@@H]3C[C@H]3CC[C@H](C)[C@@H](CC1)[C@]3(C)[C@H]24. The molecule has 3 heteroatoms. The number of allylic oxidation sites excluding steroid dienone is 2. The highest BCUT2D eigenvalue weighted by atomic mass is 16.7. The minimum atomic E-state index is -0.527. The largest absolute Gasteiger partial charge is 0.350 e. The van der Waals surface area contributed by atoms with Gasteiger partial charge in [-0.3, -0.25) is 4.79 Å². The van der Waals surface area contributed by atoms with Crippen molar-refractivity contribution in [2.75, 3.05) is 6.61 Å². The third-order valence-corrected chi connectivity index (χ3v) is 9.16. The lowest BCUT2D eigenvalue weighted by atomic mass is 9.43. The van der Waals surface area contributed by atoms with Crippen LogP contribution in [0.15, 0.2) is 11.1 Å². The van der Waals surface area contributed by atoms with Crippen molar-refractivity contribution in [1.29, 1.82) is 0 Å². The first kappa shape index (κ1) is 17.4. The van der Waals surface area contributed by atoms with Crippen LogP contribution >= 0.6 is 0 Å². The summed E-state index contributed by atoms with van der Waals surface area (Å²) in [5, 5.41) is 0. The second kappa shape index (κ2) is 5.23. The van der Waals surface area contributed by atoms with E-state index in [-0.39, 0.29) is 16.9 Å². The maximum atomic E-state index is 13.3. The molecule has 3 saturated carbocycles. The topological polar surface area (TPSA) is 35.5 Å². The van der Waals surface area contributed by atoms with Gasteiger partial charge in [-0.15, -0.1) is 0 Å². The van der Waals surface area contributed by atoms with Crippen molar-refractivity contribution in [3.05, 3.63) is 11.1 Å². The Balaban J connectivity index is 1.71. The van der Waals surface area contributed by atoms with Crippen molar-refractivity contribution < 1.29 is 14.3 Å². The van der Waals surface area contributed by atoms with Crippen molar-refractivity contribution in [2.45, 2.75) is 85.0 Å². The van der Waals surface area contributed by atoms with E-state index in [0.717, 1.165) is 24.7 Å². The van der Waals surface area contributed by atoms with Gasteiger partial charge in [0, 0.05) is 17.8 Å². The van der Waals surface area contributed by atoms with Crippen molar-refractivity contribution in [1.82, 2.24) is 0 Å². The van der Waals surface area contributed by atoms with Gasteiger partial charge in [-0.1, -0.05) is 25.8 Å². The van der Waals surface area contributed by atoms with Gasteiger partial charge in [-0.2, -0.15) is 0 Å². The van der Waals surface area contributed by atoms with Gasteiger partial charge in [0.15, 0.2) is 11.6 Å². The molecule has 3 nitrogen and oxygen atoms in total. The molecule has 5 rings (SSSR count). The summed E-state index contributed by atoms with van der Waals surface area (Å²) in [5.74, 6) is 2.35. The zero-order chi connectivity index (χ0) is 18.5. The van der Waals surface area contributed by atoms with Gasteiger partial charge in [0.05, 0.1) is 12.7 Å². The number of Topliss-reactive ketones (excluding diaryl/α,β-unsaturated/α-hetero) is 1. The summed E-state index contributed by atoms with van der Waals surface area (Å²) in [6.07, 6.45) is 6.89. The molecular weight excluding hydrogens is 324 g/mol. The summed E-state index contributed by atoms with van der Waals surface area (Å²) < 4.78 is 12.8. The van der Waals surface area contributed by atoms with Crippen LogP contribution in [0.1, 0.15) is 73.1 Å². The summed E-state index contributed by atoms with van der Waals surface area (Å²) >= 11 is 0. The first-order chi connectivity index (χ1) is 12.2. The van der Waals surface area contributed by atoms with E-state index < -0.39 is 5.79 Å². The van der Waals surface area contributed by atoms with Gasteiger partial charge >= 0.3 is 0 Å². The van der Waals surface area contributed by atoms with E-state index in [0.29, 0.717) is 30.6 Å². The van der Waals surface area contributed by atoms with Crippen LogP contribution in [0.2, 0.25) is 0 Å². The Bertz CT molecular complexity index is 692. The smallest absolute Gasteiger partial charge is 0.163 e. The van der Waals surface area contributed by atoms with E-state index in [9.17, 15) is 4.79 Å². The average molecular weight is 359 g/mol. The van der Waals surface area contributed by atoms with E-state index >= 15 is 0 Å². The summed E-state index contributed by atoms with van der Waals surface area (Å²) in [4.78, 5) is 13.3. The van der Waals surface area contributed by atoms with Crippen LogP contribution in [0.25, 0.3) is 0 Å². The first-order valence-corrected chi connectivity index (χ1v) is 10.7. The van der Waals surface area contributed by atoms with Gasteiger partial charge in [0.2, 0.25) is 0 Å². The Hall–Kier alpha value is -0.670. The van der Waals surface area contributed by atoms with Crippen LogP contribution in [0.4, 0.5) is 0 Å². The van der Waals surface area contributed by atoms with Crippen LogP contribution in [-0.4, -0.2) is 24.3 Å². The van der Waals surface area contributed by atoms with Crippen LogP contribution in [0, 0.1) is 34.5 Å². The predicted molar refractivity (Wildman–Crippen MR) is 100 cm³/mol. The molecule has 0 amide bonds. The van der Waals surface area contributed by atoms with Gasteiger partial charge in [-0.05, 0) is 75.2 Å². The third-order valence-electron chi connectivity index (χ3n) is 9.16. The van der Waals surface area contributed by atoms with Crippen LogP contribution in [0.3, 0.4) is 0 Å². The molecule has 1 aliphatic heterocycles. The lowest BCUT2D eigenvalue weighted by Gasteiger charge is -2.65. The number of ether oxygens (including phenoxy) is 2. The van der Waals surface area contributed by atoms with E-state index in [1.165, 1.54) is 30.4 Å². The Labute approximate surface area is 157 Å². The molecule has 4 fully saturated rings. The normalized spacial score (nSPS) is 52.3. The van der Waals surface area contributed by atoms with Gasteiger partial charge < -0.3 is 9.47 Å². The van der Waals surface area contributed by atoms with Crippen LogP contribution in [-0.2, 0) is 14.3 Å². The lowest BCUT2D eigenvalue weighted by molar-refractivity contribution is -0.348. The van der Waals surface area contributed by atoms with Crippen molar-refractivity contribution in [2.24, 2.45) is 34.5 Å². The summed E-state index contributed by atoms with van der Waals surface area (Å²) in [7, 11) is 0. The highest BCUT2D eigenvalue weighted by Crippen LogP contribution is 2.71. The fourth-order valence-corrected chi connectivity index (χ4v) is 8.05. The molecule has 0 aromatic rings. The zero-order valence-electron chi connectivity index (χ0n) is 17.1. The summed E-state index contributed by atoms with van der Waals surface area (Å²) in [6, 6.07) is 0. The number of carbonyl (C=O) groups is 1. The van der Waals surface area contributed by atoms with E-state index in [1.807, 2.05) is 13.8 Å². The van der Waals surface area contributed by atoms with Gasteiger partial charge in [0.25, 0.3) is 0 Å². The maximum Gasteiger partial charge on any atom is 0.163 e. The Kier molecular flexibility index (Phi) is 3.50. The number of carbonyl (C=O) groups excluding carboxylic acids is 1. The zero-order valence-corrected chi connectivity index (χ0v) is 17.1. The number of hydrogen-bond donors (Lipinski definition) is 0. The number of ketones is 1. The molecule has 0 N–H and O–H groups in total. The fourth-order valence-electron chi connectivity index (χ4n) is 8.05. The van der Waals surface area contributed by atoms with Gasteiger partial charge in [-0.25, -0.2) is 0 Å². The van der Waals surface area contributed by atoms with Crippen molar-refractivity contribution in [3.63, 3.8) is 0 Å². The maximum absolute atomic E-state index is 13.3. The third kappa shape index (κ3) is 2.00. The van der Waals surface area contributed by atoms with Crippen molar-refractivity contribution >= 4 is 5.78 Å². The van der Waals surface area contributed by atoms with Gasteiger partial charge in [0.1, 0.15) is 0 Å². The quantitative estimate of drug-likeness (QED) is 0.618. The first-order valence-electron chi connectivity index (χ1n) is 10.7. The minimum absolute atomic E-state index is 0.131. The second-order valence-corrected chi connectivity index (χ2v) is 10.8. The minimum Gasteiger partial charge on any atom is -0.350 e. The van der Waals surface area contributed by atoms with Crippen molar-refractivity contribution in [3.8, 4) is 0 Å². The molecule has 5 aliphatic rings. The number of rotatable bonds is 0. The average Bonchev–Trinajstić information content (AvgIpc) is 2.80. The molecule has 0 unspecified atom stereocenters. The molecular formula is C23H34O3.